The third kappa shape index (κ3) is 6.03. The molecule has 1 aliphatic rings. The van der Waals surface area contributed by atoms with Crippen LogP contribution in [0, 0.1) is 0 Å². The highest BCUT2D eigenvalue weighted by molar-refractivity contribution is 5.75. The highest BCUT2D eigenvalue weighted by Gasteiger charge is 2.39. The molecule has 0 aliphatic carbocycles. The van der Waals surface area contributed by atoms with Gasteiger partial charge in [0, 0.05) is 39.3 Å². The second kappa shape index (κ2) is 8.76. The monoisotopic (exact) mass is 313 g/mol. The van der Waals surface area contributed by atoms with Crippen LogP contribution in [0.15, 0.2) is 0 Å². The molecule has 1 rings (SSSR count). The molecule has 0 atom stereocenters. The summed E-state index contributed by atoms with van der Waals surface area (Å²) in [6.07, 6.45) is 3.51. The number of likely N-dealkylation sites (tertiary alicyclic amines) is 1. The minimum Gasteiger partial charge on any atom is -0.459 e. The van der Waals surface area contributed by atoms with Gasteiger partial charge in [0.15, 0.2) is 0 Å². The van der Waals surface area contributed by atoms with Gasteiger partial charge < -0.3 is 19.2 Å². The van der Waals surface area contributed by atoms with Crippen LogP contribution in [0.3, 0.4) is 0 Å². The number of piperidine rings is 1. The van der Waals surface area contributed by atoms with Gasteiger partial charge in [-0.25, -0.2) is 4.79 Å². The van der Waals surface area contributed by atoms with E-state index in [-0.39, 0.29) is 17.8 Å². The smallest absolute Gasteiger partial charge is 0.409 e. The van der Waals surface area contributed by atoms with E-state index in [1.54, 1.807) is 4.90 Å². The van der Waals surface area contributed by atoms with E-state index in [0.717, 1.165) is 12.8 Å². The highest BCUT2D eigenvalue weighted by Crippen LogP contribution is 2.31. The number of ether oxygens (including phenoxy) is 2. The maximum Gasteiger partial charge on any atom is 0.409 e. The number of carbonyl (C=O) groups is 3. The Morgan fingerprint density at radius 2 is 1.77 bits per heavy atom. The molecule has 1 saturated heterocycles. The predicted octanol–water partition coefficient (Wildman–Crippen LogP) is 2.69. The molecular formula is C16H27NO5. The highest BCUT2D eigenvalue weighted by atomic mass is 16.6. The fraction of sp³-hybridized carbons (Fsp3) is 0.812. The first-order valence-corrected chi connectivity index (χ1v) is 7.99. The molecule has 0 N–H and O–H groups in total. The van der Waals surface area contributed by atoms with Gasteiger partial charge >= 0.3 is 12.1 Å². The van der Waals surface area contributed by atoms with E-state index in [0.29, 0.717) is 45.4 Å². The molecule has 0 aromatic carbocycles. The largest absolute Gasteiger partial charge is 0.459 e. The third-order valence-corrected chi connectivity index (χ3v) is 3.95. The molecule has 0 unspecified atom stereocenters. The van der Waals surface area contributed by atoms with Crippen molar-refractivity contribution in [2.75, 3.05) is 19.7 Å². The van der Waals surface area contributed by atoms with Crippen molar-refractivity contribution in [3.05, 3.63) is 0 Å². The molecule has 1 aliphatic heterocycles. The summed E-state index contributed by atoms with van der Waals surface area (Å²) in [6, 6.07) is 0. The first kappa shape index (κ1) is 18.5. The minimum atomic E-state index is -0.627. The number of amides is 1. The second-order valence-electron chi connectivity index (χ2n) is 5.93. The lowest BCUT2D eigenvalue weighted by atomic mass is 9.86. The average molecular weight is 313 g/mol. The van der Waals surface area contributed by atoms with E-state index in [1.807, 2.05) is 6.92 Å². The Labute approximate surface area is 132 Å². The first-order valence-electron chi connectivity index (χ1n) is 7.99. The molecule has 0 radical (unpaired) electrons. The molecule has 6 nitrogen and oxygen atoms in total. The first-order chi connectivity index (χ1) is 10.4. The summed E-state index contributed by atoms with van der Waals surface area (Å²) in [5.41, 5.74) is -0.627. The molecule has 0 aromatic heterocycles. The van der Waals surface area contributed by atoms with Gasteiger partial charge in [-0.05, 0) is 19.8 Å². The zero-order chi connectivity index (χ0) is 16.6. The number of esters is 1. The molecule has 1 heterocycles. The SMILES string of the molecule is CCCCOC(=O)N1CCC(CCC(C)=O)(OC(C)=O)CC1. The van der Waals surface area contributed by atoms with E-state index in [9.17, 15) is 14.4 Å². The summed E-state index contributed by atoms with van der Waals surface area (Å²) in [5, 5.41) is 0. The van der Waals surface area contributed by atoms with Crippen LogP contribution in [0.4, 0.5) is 4.79 Å². The lowest BCUT2D eigenvalue weighted by Gasteiger charge is -2.40. The summed E-state index contributed by atoms with van der Waals surface area (Å²) >= 11 is 0. The summed E-state index contributed by atoms with van der Waals surface area (Å²) in [5.74, 6) is -0.268. The predicted molar refractivity (Wildman–Crippen MR) is 81.5 cm³/mol. The van der Waals surface area contributed by atoms with E-state index in [2.05, 4.69) is 0 Å². The van der Waals surface area contributed by atoms with E-state index >= 15 is 0 Å². The Morgan fingerprint density at radius 3 is 2.27 bits per heavy atom. The van der Waals surface area contributed by atoms with Crippen molar-refractivity contribution in [3.63, 3.8) is 0 Å². The fourth-order valence-corrected chi connectivity index (χ4v) is 2.60. The van der Waals surface area contributed by atoms with Gasteiger partial charge in [-0.2, -0.15) is 0 Å². The Morgan fingerprint density at radius 1 is 1.14 bits per heavy atom. The number of nitrogens with zero attached hydrogens (tertiary/aromatic N) is 1. The molecule has 126 valence electrons. The lowest BCUT2D eigenvalue weighted by Crippen LogP contribution is -2.49. The normalized spacial score (nSPS) is 17.0. The van der Waals surface area contributed by atoms with Crippen LogP contribution in [-0.4, -0.2) is 48.0 Å². The average Bonchev–Trinajstić information content (AvgIpc) is 2.45. The Kier molecular flexibility index (Phi) is 7.35. The van der Waals surface area contributed by atoms with Gasteiger partial charge in [0.25, 0.3) is 0 Å². The van der Waals surface area contributed by atoms with Crippen molar-refractivity contribution >= 4 is 17.8 Å². The quantitative estimate of drug-likeness (QED) is 0.534. The summed E-state index contributed by atoms with van der Waals surface area (Å²) in [4.78, 5) is 36.1. The van der Waals surface area contributed by atoms with Gasteiger partial charge in [0.2, 0.25) is 0 Å². The van der Waals surface area contributed by atoms with Crippen molar-refractivity contribution in [2.24, 2.45) is 0 Å². The maximum absolute atomic E-state index is 11.9. The number of hydrogen-bond acceptors (Lipinski definition) is 5. The van der Waals surface area contributed by atoms with Gasteiger partial charge in [-0.1, -0.05) is 13.3 Å². The van der Waals surface area contributed by atoms with Crippen LogP contribution in [-0.2, 0) is 19.1 Å². The van der Waals surface area contributed by atoms with Crippen LogP contribution in [0.25, 0.3) is 0 Å². The molecule has 0 aromatic rings. The molecule has 0 saturated carbocycles. The fourth-order valence-electron chi connectivity index (χ4n) is 2.60. The number of hydrogen-bond donors (Lipinski definition) is 0. The van der Waals surface area contributed by atoms with Gasteiger partial charge in [0.1, 0.15) is 11.4 Å². The summed E-state index contributed by atoms with van der Waals surface area (Å²) in [6.45, 7) is 6.34. The van der Waals surface area contributed by atoms with Gasteiger partial charge in [0.05, 0.1) is 6.61 Å². The number of carbonyl (C=O) groups excluding carboxylic acids is 3. The van der Waals surface area contributed by atoms with Crippen LogP contribution < -0.4 is 0 Å². The number of rotatable bonds is 7. The van der Waals surface area contributed by atoms with E-state index in [1.165, 1.54) is 13.8 Å². The number of Topliss-reactive ketones (excluding diaryl/α,β-unsaturated/α-hetero) is 1. The van der Waals surface area contributed by atoms with Crippen molar-refractivity contribution in [2.45, 2.75) is 64.9 Å². The molecule has 0 bridgehead atoms. The number of ketones is 1. The molecule has 22 heavy (non-hydrogen) atoms. The third-order valence-electron chi connectivity index (χ3n) is 3.95. The zero-order valence-corrected chi connectivity index (χ0v) is 13.9. The Hall–Kier alpha value is -1.59. The molecule has 1 amide bonds. The van der Waals surface area contributed by atoms with Crippen LogP contribution >= 0.6 is 0 Å². The number of unbranched alkanes of at least 4 members (excludes halogenated alkanes) is 1. The molecule has 1 fully saturated rings. The Bertz CT molecular complexity index is 399. The van der Waals surface area contributed by atoms with Crippen molar-refractivity contribution in [1.29, 1.82) is 0 Å². The van der Waals surface area contributed by atoms with Crippen LogP contribution in [0.2, 0.25) is 0 Å². The Balaban J connectivity index is 2.54. The zero-order valence-electron chi connectivity index (χ0n) is 13.9. The lowest BCUT2D eigenvalue weighted by molar-refractivity contribution is -0.163. The van der Waals surface area contributed by atoms with Crippen molar-refractivity contribution in [1.82, 2.24) is 4.90 Å². The van der Waals surface area contributed by atoms with Crippen molar-refractivity contribution in [3.8, 4) is 0 Å². The van der Waals surface area contributed by atoms with Gasteiger partial charge in [-0.3, -0.25) is 4.79 Å². The molecule has 6 heteroatoms. The van der Waals surface area contributed by atoms with Crippen LogP contribution in [0.1, 0.15) is 59.3 Å². The maximum atomic E-state index is 11.9. The standard InChI is InChI=1S/C16H27NO5/c1-4-5-12-21-15(20)17-10-8-16(9-11-17,22-14(3)19)7-6-13(2)18/h4-12H2,1-3H3. The van der Waals surface area contributed by atoms with Crippen LogP contribution in [0.5, 0.6) is 0 Å². The van der Waals surface area contributed by atoms with E-state index in [4.69, 9.17) is 9.47 Å². The van der Waals surface area contributed by atoms with Crippen molar-refractivity contribution < 1.29 is 23.9 Å². The summed E-state index contributed by atoms with van der Waals surface area (Å²) in [7, 11) is 0. The topological polar surface area (TPSA) is 72.9 Å². The molecular weight excluding hydrogens is 286 g/mol. The summed E-state index contributed by atoms with van der Waals surface area (Å²) < 4.78 is 10.7. The van der Waals surface area contributed by atoms with E-state index < -0.39 is 5.60 Å². The minimum absolute atomic E-state index is 0.0768. The second-order valence-corrected chi connectivity index (χ2v) is 5.93. The van der Waals surface area contributed by atoms with Gasteiger partial charge in [-0.15, -0.1) is 0 Å². The molecule has 0 spiro atoms.